The zero-order chi connectivity index (χ0) is 21.3. The highest BCUT2D eigenvalue weighted by Crippen LogP contribution is 2.62. The lowest BCUT2D eigenvalue weighted by atomic mass is 9.65. The van der Waals surface area contributed by atoms with Crippen LogP contribution in [0.2, 0.25) is 20.1 Å². The molecule has 1 saturated heterocycles. The van der Waals surface area contributed by atoms with Crippen molar-refractivity contribution in [2.45, 2.75) is 42.9 Å². The molecule has 0 bridgehead atoms. The van der Waals surface area contributed by atoms with Gasteiger partial charge in [0.15, 0.2) is 5.72 Å². The second kappa shape index (κ2) is 7.26. The molecule has 2 fully saturated rings. The van der Waals surface area contributed by atoms with Gasteiger partial charge in [0.1, 0.15) is 0 Å². The van der Waals surface area contributed by atoms with Crippen LogP contribution in [0.1, 0.15) is 47.2 Å². The van der Waals surface area contributed by atoms with Crippen LogP contribution >= 0.6 is 46.4 Å². The molecule has 1 saturated carbocycles. The Kier molecular flexibility index (Phi) is 5.05. The van der Waals surface area contributed by atoms with E-state index in [1.165, 1.54) is 4.90 Å². The molecule has 2 heterocycles. The normalized spacial score (nSPS) is 30.5. The van der Waals surface area contributed by atoms with Crippen molar-refractivity contribution in [3.63, 3.8) is 0 Å². The van der Waals surface area contributed by atoms with Crippen molar-refractivity contribution < 1.29 is 14.6 Å². The van der Waals surface area contributed by atoms with Crippen molar-refractivity contribution >= 4 is 52.3 Å². The largest absolute Gasteiger partial charge is 0.377 e. The van der Waals surface area contributed by atoms with Gasteiger partial charge in [0, 0.05) is 18.7 Å². The number of halogens is 4. The zero-order valence-corrected chi connectivity index (χ0v) is 19.0. The lowest BCUT2D eigenvalue weighted by Gasteiger charge is -2.52. The Balaban J connectivity index is 1.90. The van der Waals surface area contributed by atoms with Gasteiger partial charge in [0.05, 0.1) is 37.2 Å². The van der Waals surface area contributed by atoms with Gasteiger partial charge in [-0.2, -0.15) is 0 Å². The molecule has 158 valence electrons. The number of fused-ring (bicyclic) bond motifs is 5. The number of aliphatic hydroxyl groups is 1. The van der Waals surface area contributed by atoms with Crippen LogP contribution in [0.25, 0.3) is 0 Å². The van der Waals surface area contributed by atoms with Crippen LogP contribution < -0.4 is 0 Å². The average molecular weight is 487 g/mol. The summed E-state index contributed by atoms with van der Waals surface area (Å²) in [5.41, 5.74) is -1.44. The van der Waals surface area contributed by atoms with E-state index >= 15 is 0 Å². The van der Waals surface area contributed by atoms with Crippen LogP contribution in [0, 0.1) is 0 Å². The lowest BCUT2D eigenvalue weighted by Crippen LogP contribution is -2.63. The minimum atomic E-state index is -1.77. The maximum absolute atomic E-state index is 13.6. The van der Waals surface area contributed by atoms with E-state index < -0.39 is 11.1 Å². The zero-order valence-electron chi connectivity index (χ0n) is 15.9. The first kappa shape index (κ1) is 20.9. The van der Waals surface area contributed by atoms with Crippen molar-refractivity contribution in [3.8, 4) is 0 Å². The quantitative estimate of drug-likeness (QED) is 0.408. The van der Waals surface area contributed by atoms with E-state index in [0.717, 1.165) is 18.4 Å². The van der Waals surface area contributed by atoms with Gasteiger partial charge in [-0.3, -0.25) is 4.79 Å². The second-order valence-electron chi connectivity index (χ2n) is 8.08. The first-order valence-electron chi connectivity index (χ1n) is 9.93. The smallest absolute Gasteiger partial charge is 0.258 e. The fourth-order valence-corrected chi connectivity index (χ4v) is 6.68. The number of amides is 1. The third-order valence-electron chi connectivity index (χ3n) is 6.81. The summed E-state index contributed by atoms with van der Waals surface area (Å²) in [7, 11) is 0. The van der Waals surface area contributed by atoms with Gasteiger partial charge in [-0.1, -0.05) is 76.7 Å². The summed E-state index contributed by atoms with van der Waals surface area (Å²) in [5.74, 6) is -0.388. The molecule has 4 nitrogen and oxygen atoms in total. The topological polar surface area (TPSA) is 49.8 Å². The highest BCUT2D eigenvalue weighted by molar-refractivity contribution is 6.53. The molecule has 1 aliphatic carbocycles. The highest BCUT2D eigenvalue weighted by Gasteiger charge is 2.68. The fraction of sp³-hybridized carbons (Fsp3) is 0.409. The molecule has 30 heavy (non-hydrogen) atoms. The predicted molar refractivity (Wildman–Crippen MR) is 118 cm³/mol. The Morgan fingerprint density at radius 1 is 1.00 bits per heavy atom. The molecule has 3 aliphatic rings. The maximum Gasteiger partial charge on any atom is 0.258 e. The summed E-state index contributed by atoms with van der Waals surface area (Å²) < 4.78 is 6.28. The fourth-order valence-electron chi connectivity index (χ4n) is 5.62. The van der Waals surface area contributed by atoms with E-state index in [1.807, 2.05) is 30.3 Å². The number of rotatable bonds is 1. The number of ether oxygens (including phenoxy) is 1. The Bertz CT molecular complexity index is 1050. The summed E-state index contributed by atoms with van der Waals surface area (Å²) in [6.07, 6.45) is 2.51. The number of benzene rings is 2. The minimum Gasteiger partial charge on any atom is -0.377 e. The molecule has 0 unspecified atom stereocenters. The van der Waals surface area contributed by atoms with Crippen LogP contribution in [0.4, 0.5) is 0 Å². The second-order valence-corrected chi connectivity index (χ2v) is 9.59. The average Bonchev–Trinajstić information content (AvgIpc) is 3.26. The first-order chi connectivity index (χ1) is 14.4. The van der Waals surface area contributed by atoms with Gasteiger partial charge in [0.2, 0.25) is 0 Å². The van der Waals surface area contributed by atoms with Gasteiger partial charge in [-0.05, 0) is 31.2 Å². The van der Waals surface area contributed by atoms with Crippen molar-refractivity contribution in [1.29, 1.82) is 0 Å². The molecule has 3 atom stereocenters. The van der Waals surface area contributed by atoms with Crippen molar-refractivity contribution in [2.75, 3.05) is 13.2 Å². The maximum atomic E-state index is 13.6. The standard InChI is InChI=1S/C22H19Cl4NO3/c23-16-14-15(17(24)19(26)18(16)25)22(29)21(12-6-2-1-3-7-12)9-4-8-13(21)30-11-5-10-27(22)20(14)28/h1-3,6-7,13,29H,4-5,8-11H2/t13-,21-,22+/m1/s1. The summed E-state index contributed by atoms with van der Waals surface area (Å²) in [6.45, 7) is 0.797. The molecule has 2 aromatic carbocycles. The van der Waals surface area contributed by atoms with Crippen LogP contribution in [0.3, 0.4) is 0 Å². The van der Waals surface area contributed by atoms with E-state index in [2.05, 4.69) is 0 Å². The first-order valence-corrected chi connectivity index (χ1v) is 11.4. The summed E-state index contributed by atoms with van der Waals surface area (Å²) in [5, 5.41) is 12.7. The van der Waals surface area contributed by atoms with Gasteiger partial charge >= 0.3 is 0 Å². The van der Waals surface area contributed by atoms with Gasteiger partial charge < -0.3 is 14.7 Å². The molecule has 2 aliphatic heterocycles. The molecule has 0 spiro atoms. The number of hydrogen-bond donors (Lipinski definition) is 1. The Morgan fingerprint density at radius 2 is 1.70 bits per heavy atom. The SMILES string of the molecule is O=C1c2c(Cl)c(Cl)c(Cl)c(Cl)c2[C@@]2(O)N1CCCO[C@@H]1CCC[C@@]12c1ccccc1. The van der Waals surface area contributed by atoms with Crippen LogP contribution in [-0.4, -0.2) is 35.2 Å². The van der Waals surface area contributed by atoms with Crippen LogP contribution in [0.5, 0.6) is 0 Å². The van der Waals surface area contributed by atoms with E-state index in [-0.39, 0.29) is 43.2 Å². The Morgan fingerprint density at radius 3 is 2.43 bits per heavy atom. The third-order valence-corrected chi connectivity index (χ3v) is 8.61. The van der Waals surface area contributed by atoms with Crippen molar-refractivity contribution in [3.05, 3.63) is 67.1 Å². The predicted octanol–water partition coefficient (Wildman–Crippen LogP) is 5.81. The highest BCUT2D eigenvalue weighted by atomic mass is 35.5. The van der Waals surface area contributed by atoms with E-state index in [1.54, 1.807) is 0 Å². The molecule has 0 aromatic heterocycles. The number of hydrogen-bond acceptors (Lipinski definition) is 3. The molecule has 1 N–H and O–H groups in total. The molecular weight excluding hydrogens is 468 g/mol. The van der Waals surface area contributed by atoms with E-state index in [9.17, 15) is 9.90 Å². The Hall–Kier alpha value is -1.01. The molecule has 5 rings (SSSR count). The van der Waals surface area contributed by atoms with E-state index in [0.29, 0.717) is 26.0 Å². The molecular formula is C22H19Cl4NO3. The molecule has 1 amide bonds. The van der Waals surface area contributed by atoms with Gasteiger partial charge in [0.25, 0.3) is 5.91 Å². The third kappa shape index (κ3) is 2.47. The molecule has 8 heteroatoms. The van der Waals surface area contributed by atoms with Gasteiger partial charge in [-0.25, -0.2) is 0 Å². The summed E-state index contributed by atoms with van der Waals surface area (Å²) >= 11 is 25.8. The minimum absolute atomic E-state index is 0.0162. The number of nitrogens with zero attached hydrogens (tertiary/aromatic N) is 1. The van der Waals surface area contributed by atoms with Gasteiger partial charge in [-0.15, -0.1) is 0 Å². The van der Waals surface area contributed by atoms with Crippen LogP contribution in [-0.2, 0) is 15.9 Å². The summed E-state index contributed by atoms with van der Waals surface area (Å²) in [4.78, 5) is 15.1. The monoisotopic (exact) mass is 485 g/mol. The lowest BCUT2D eigenvalue weighted by molar-refractivity contribution is -0.191. The van der Waals surface area contributed by atoms with Crippen molar-refractivity contribution in [2.24, 2.45) is 0 Å². The van der Waals surface area contributed by atoms with Crippen molar-refractivity contribution in [1.82, 2.24) is 4.90 Å². The molecule has 0 radical (unpaired) electrons. The summed E-state index contributed by atoms with van der Waals surface area (Å²) in [6, 6.07) is 9.70. The number of carbonyl (C=O) groups is 1. The molecule has 2 aromatic rings. The van der Waals surface area contributed by atoms with Crippen LogP contribution in [0.15, 0.2) is 30.3 Å². The van der Waals surface area contributed by atoms with E-state index in [4.69, 9.17) is 51.1 Å². The number of carbonyl (C=O) groups excluding carboxylic acids is 1. The Labute approximate surface area is 194 Å².